The SMILES string of the molecule is CCNC(=NCCc1cnn(C)c1)NC1CC(C)N(Cc2ccccc2)C1.I. The molecule has 2 aromatic rings. The third-order valence-electron chi connectivity index (χ3n) is 5.05. The summed E-state index contributed by atoms with van der Waals surface area (Å²) in [4.78, 5) is 7.30. The zero-order chi connectivity index (χ0) is 19.1. The summed E-state index contributed by atoms with van der Waals surface area (Å²) in [5.41, 5.74) is 2.60. The van der Waals surface area contributed by atoms with Gasteiger partial charge in [0.2, 0.25) is 0 Å². The van der Waals surface area contributed by atoms with Crippen molar-refractivity contribution in [1.29, 1.82) is 0 Å². The Morgan fingerprint density at radius 3 is 2.71 bits per heavy atom. The van der Waals surface area contributed by atoms with Crippen LogP contribution in [0.2, 0.25) is 0 Å². The summed E-state index contributed by atoms with van der Waals surface area (Å²) in [6, 6.07) is 11.7. The van der Waals surface area contributed by atoms with Crippen molar-refractivity contribution in [3.05, 3.63) is 53.9 Å². The zero-order valence-corrected chi connectivity index (χ0v) is 19.5. The van der Waals surface area contributed by atoms with Crippen LogP contribution in [-0.2, 0) is 20.0 Å². The smallest absolute Gasteiger partial charge is 0.191 e. The van der Waals surface area contributed by atoms with E-state index in [1.807, 2.05) is 17.9 Å². The van der Waals surface area contributed by atoms with Crippen molar-refractivity contribution >= 4 is 29.9 Å². The van der Waals surface area contributed by atoms with Gasteiger partial charge in [-0.05, 0) is 37.8 Å². The first-order valence-corrected chi connectivity index (χ1v) is 9.94. The number of aliphatic imine (C=N–C) groups is 1. The van der Waals surface area contributed by atoms with Gasteiger partial charge >= 0.3 is 0 Å². The largest absolute Gasteiger partial charge is 0.357 e. The summed E-state index contributed by atoms with van der Waals surface area (Å²) in [5.74, 6) is 0.917. The fraction of sp³-hybridized carbons (Fsp3) is 0.524. The number of likely N-dealkylation sites (tertiary alicyclic amines) is 1. The van der Waals surface area contributed by atoms with E-state index in [9.17, 15) is 0 Å². The molecular formula is C21H33IN6. The number of hydrogen-bond acceptors (Lipinski definition) is 3. The van der Waals surface area contributed by atoms with Crippen LogP contribution in [0.4, 0.5) is 0 Å². The van der Waals surface area contributed by atoms with Crippen molar-refractivity contribution in [2.45, 2.75) is 45.3 Å². The molecule has 28 heavy (non-hydrogen) atoms. The highest BCUT2D eigenvalue weighted by molar-refractivity contribution is 14.0. The summed E-state index contributed by atoms with van der Waals surface area (Å²) in [5, 5.41) is 11.2. The van der Waals surface area contributed by atoms with Crippen LogP contribution in [0.15, 0.2) is 47.7 Å². The van der Waals surface area contributed by atoms with Crippen LogP contribution >= 0.6 is 24.0 Å². The van der Waals surface area contributed by atoms with Crippen molar-refractivity contribution < 1.29 is 0 Å². The van der Waals surface area contributed by atoms with Crippen molar-refractivity contribution in [2.75, 3.05) is 19.6 Å². The van der Waals surface area contributed by atoms with Crippen LogP contribution in [0.1, 0.15) is 31.4 Å². The summed E-state index contributed by atoms with van der Waals surface area (Å²) in [6.07, 6.45) is 6.01. The van der Waals surface area contributed by atoms with Gasteiger partial charge in [0.15, 0.2) is 5.96 Å². The lowest BCUT2D eigenvalue weighted by molar-refractivity contribution is 0.258. The van der Waals surface area contributed by atoms with Crippen LogP contribution in [0, 0.1) is 0 Å². The van der Waals surface area contributed by atoms with E-state index in [2.05, 4.69) is 71.0 Å². The number of nitrogens with zero attached hydrogens (tertiary/aromatic N) is 4. The van der Waals surface area contributed by atoms with E-state index < -0.39 is 0 Å². The molecule has 0 saturated carbocycles. The third kappa shape index (κ3) is 6.77. The molecular weight excluding hydrogens is 463 g/mol. The first-order valence-electron chi connectivity index (χ1n) is 9.94. The second kappa shape index (κ2) is 11.4. The van der Waals surface area contributed by atoms with Crippen LogP contribution < -0.4 is 10.6 Å². The lowest BCUT2D eigenvalue weighted by atomic mass is 10.2. The van der Waals surface area contributed by atoms with Gasteiger partial charge in [0, 0.05) is 51.5 Å². The van der Waals surface area contributed by atoms with Gasteiger partial charge in [-0.15, -0.1) is 24.0 Å². The number of halogens is 1. The average molecular weight is 496 g/mol. The minimum atomic E-state index is 0. The maximum atomic E-state index is 4.75. The van der Waals surface area contributed by atoms with Gasteiger partial charge < -0.3 is 10.6 Å². The third-order valence-corrected chi connectivity index (χ3v) is 5.05. The number of benzene rings is 1. The Morgan fingerprint density at radius 2 is 2.04 bits per heavy atom. The van der Waals surface area contributed by atoms with Gasteiger partial charge in [-0.25, -0.2) is 0 Å². The molecule has 154 valence electrons. The molecule has 1 aliphatic heterocycles. The maximum absolute atomic E-state index is 4.75. The van der Waals surface area contributed by atoms with Crippen molar-refractivity contribution in [3.8, 4) is 0 Å². The quantitative estimate of drug-likeness (QED) is 0.352. The van der Waals surface area contributed by atoms with E-state index in [1.54, 1.807) is 0 Å². The molecule has 1 aromatic heterocycles. The molecule has 1 aliphatic rings. The topological polar surface area (TPSA) is 57.5 Å². The summed E-state index contributed by atoms with van der Waals surface area (Å²) < 4.78 is 1.84. The minimum Gasteiger partial charge on any atom is -0.357 e. The normalized spacial score (nSPS) is 20.0. The molecule has 0 aliphatic carbocycles. The minimum absolute atomic E-state index is 0. The highest BCUT2D eigenvalue weighted by Gasteiger charge is 2.29. The van der Waals surface area contributed by atoms with E-state index in [4.69, 9.17) is 4.99 Å². The van der Waals surface area contributed by atoms with Gasteiger partial charge in [0.1, 0.15) is 0 Å². The molecule has 0 radical (unpaired) electrons. The molecule has 0 bridgehead atoms. The van der Waals surface area contributed by atoms with Gasteiger partial charge in [0.25, 0.3) is 0 Å². The molecule has 1 fully saturated rings. The molecule has 2 N–H and O–H groups in total. The van der Waals surface area contributed by atoms with Gasteiger partial charge in [0.05, 0.1) is 6.20 Å². The highest BCUT2D eigenvalue weighted by Crippen LogP contribution is 2.20. The molecule has 2 atom stereocenters. The number of aromatic nitrogens is 2. The Bertz CT molecular complexity index is 730. The fourth-order valence-corrected chi connectivity index (χ4v) is 3.65. The molecule has 1 saturated heterocycles. The van der Waals surface area contributed by atoms with Crippen molar-refractivity contribution in [3.63, 3.8) is 0 Å². The zero-order valence-electron chi connectivity index (χ0n) is 17.1. The highest BCUT2D eigenvalue weighted by atomic mass is 127. The molecule has 3 rings (SSSR count). The molecule has 2 unspecified atom stereocenters. The Kier molecular flexibility index (Phi) is 9.24. The number of nitrogens with one attached hydrogen (secondary N) is 2. The van der Waals surface area contributed by atoms with Crippen LogP contribution in [0.5, 0.6) is 0 Å². The number of hydrogen-bond donors (Lipinski definition) is 2. The van der Waals surface area contributed by atoms with E-state index in [1.165, 1.54) is 11.1 Å². The van der Waals surface area contributed by atoms with Gasteiger partial charge in [-0.1, -0.05) is 30.3 Å². The average Bonchev–Trinajstić information content (AvgIpc) is 3.21. The predicted molar refractivity (Wildman–Crippen MR) is 126 cm³/mol. The molecule has 2 heterocycles. The first kappa shape index (κ1) is 22.7. The molecule has 7 heteroatoms. The van der Waals surface area contributed by atoms with E-state index in [0.717, 1.165) is 45.0 Å². The Balaban J connectivity index is 0.00000280. The Hall–Kier alpha value is -1.61. The Labute approximate surface area is 185 Å². The van der Waals surface area contributed by atoms with Gasteiger partial charge in [-0.2, -0.15) is 5.10 Å². The molecule has 1 aromatic carbocycles. The van der Waals surface area contributed by atoms with Crippen molar-refractivity contribution in [1.82, 2.24) is 25.3 Å². The number of guanidine groups is 1. The monoisotopic (exact) mass is 496 g/mol. The lowest BCUT2D eigenvalue weighted by Gasteiger charge is -2.21. The summed E-state index contributed by atoms with van der Waals surface area (Å²) in [7, 11) is 1.95. The number of aryl methyl sites for hydroxylation is 1. The maximum Gasteiger partial charge on any atom is 0.191 e. The molecule has 0 amide bonds. The van der Waals surface area contributed by atoms with E-state index in [0.29, 0.717) is 12.1 Å². The standard InChI is InChI=1S/C21H32N6.HI/c1-4-22-21(23-11-10-19-13-24-26(3)14-19)25-20-12-17(2)27(16-20)15-18-8-6-5-7-9-18;/h5-9,13-14,17,20H,4,10-12,15-16H2,1-3H3,(H2,22,23,25);1H. The lowest BCUT2D eigenvalue weighted by Crippen LogP contribution is -2.44. The van der Waals surface area contributed by atoms with E-state index >= 15 is 0 Å². The number of rotatable bonds is 7. The van der Waals surface area contributed by atoms with Crippen molar-refractivity contribution in [2.24, 2.45) is 12.0 Å². The summed E-state index contributed by atoms with van der Waals surface area (Å²) in [6.45, 7) is 8.11. The second-order valence-electron chi connectivity index (χ2n) is 7.37. The first-order chi connectivity index (χ1) is 13.1. The predicted octanol–water partition coefficient (Wildman–Crippen LogP) is 2.80. The van der Waals surface area contributed by atoms with Gasteiger partial charge in [-0.3, -0.25) is 14.6 Å². The second-order valence-corrected chi connectivity index (χ2v) is 7.37. The summed E-state index contributed by atoms with van der Waals surface area (Å²) >= 11 is 0. The van der Waals surface area contributed by atoms with Crippen LogP contribution in [-0.4, -0.2) is 52.4 Å². The van der Waals surface area contributed by atoms with E-state index in [-0.39, 0.29) is 24.0 Å². The Morgan fingerprint density at radius 1 is 1.25 bits per heavy atom. The fourth-order valence-electron chi connectivity index (χ4n) is 3.65. The molecule has 6 nitrogen and oxygen atoms in total. The molecule has 0 spiro atoms. The van der Waals surface area contributed by atoms with Crippen LogP contribution in [0.3, 0.4) is 0 Å². The van der Waals surface area contributed by atoms with Crippen LogP contribution in [0.25, 0.3) is 0 Å².